The van der Waals surface area contributed by atoms with Crippen LogP contribution in [-0.4, -0.2) is 24.5 Å². The van der Waals surface area contributed by atoms with Crippen LogP contribution in [0.15, 0.2) is 42.5 Å². The molecule has 106 valence electrons. The number of fused-ring (bicyclic) bond motifs is 1. The van der Waals surface area contributed by atoms with Gasteiger partial charge in [-0.05, 0) is 47.3 Å². The van der Waals surface area contributed by atoms with Crippen LogP contribution < -0.4 is 5.73 Å². The van der Waals surface area contributed by atoms with Gasteiger partial charge in [0.25, 0.3) is 5.24 Å². The van der Waals surface area contributed by atoms with E-state index in [0.717, 1.165) is 23.8 Å². The number of hydrogen-bond donors (Lipinski definition) is 1. The van der Waals surface area contributed by atoms with Crippen LogP contribution in [0.2, 0.25) is 0 Å². The van der Waals surface area contributed by atoms with E-state index >= 15 is 0 Å². The number of halogens is 1. The minimum Gasteiger partial charge on any atom is -0.377 e. The highest BCUT2D eigenvalue weighted by Gasteiger charge is 2.11. The van der Waals surface area contributed by atoms with Crippen molar-refractivity contribution in [3.05, 3.63) is 48.0 Å². The van der Waals surface area contributed by atoms with Crippen molar-refractivity contribution in [1.82, 2.24) is 0 Å². The normalized spacial score (nSPS) is 17.6. The zero-order chi connectivity index (χ0) is 14.4. The van der Waals surface area contributed by atoms with Crippen LogP contribution in [0.5, 0.6) is 0 Å². The first-order valence-corrected chi connectivity index (χ1v) is 7.09. The lowest BCUT2D eigenvalue weighted by Gasteiger charge is -2.01. The van der Waals surface area contributed by atoms with Gasteiger partial charge in [-0.15, -0.1) is 0 Å². The van der Waals surface area contributed by atoms with Crippen LogP contribution in [0.1, 0.15) is 23.2 Å². The van der Waals surface area contributed by atoms with Crippen molar-refractivity contribution < 1.29 is 9.53 Å². The van der Waals surface area contributed by atoms with Crippen LogP contribution in [0, 0.1) is 0 Å². The third kappa shape index (κ3) is 4.04. The van der Waals surface area contributed by atoms with E-state index in [1.54, 1.807) is 12.1 Å². The minimum atomic E-state index is -0.411. The first kappa shape index (κ1) is 15.0. The predicted molar refractivity (Wildman–Crippen MR) is 82.2 cm³/mol. The van der Waals surface area contributed by atoms with Gasteiger partial charge in [-0.2, -0.15) is 0 Å². The summed E-state index contributed by atoms with van der Waals surface area (Å²) in [4.78, 5) is 10.9. The van der Waals surface area contributed by atoms with Gasteiger partial charge in [-0.3, -0.25) is 4.79 Å². The van der Waals surface area contributed by atoms with Crippen molar-refractivity contribution in [3.63, 3.8) is 0 Å². The zero-order valence-electron chi connectivity index (χ0n) is 11.2. The summed E-state index contributed by atoms with van der Waals surface area (Å²) in [7, 11) is 0. The van der Waals surface area contributed by atoms with Crippen molar-refractivity contribution in [2.24, 2.45) is 5.73 Å². The Kier molecular flexibility index (Phi) is 5.53. The Morgan fingerprint density at radius 3 is 2.55 bits per heavy atom. The Morgan fingerprint density at radius 1 is 1.25 bits per heavy atom. The number of carbonyl (C=O) groups excluding carboxylic acids is 1. The average molecular weight is 292 g/mol. The summed E-state index contributed by atoms with van der Waals surface area (Å²) in [5.41, 5.74) is 5.85. The van der Waals surface area contributed by atoms with Gasteiger partial charge in [0.05, 0.1) is 6.10 Å². The Hall–Kier alpha value is -1.42. The molecule has 0 aromatic heterocycles. The van der Waals surface area contributed by atoms with E-state index in [2.05, 4.69) is 0 Å². The number of carbonyl (C=O) groups is 1. The molecule has 1 saturated heterocycles. The lowest BCUT2D eigenvalue weighted by molar-refractivity contribution is 0.108. The van der Waals surface area contributed by atoms with Crippen molar-refractivity contribution in [1.29, 1.82) is 0 Å². The SMILES string of the molecule is NCC1CCCO1.O=C(Cl)c1ccc2ccccc2c1. The van der Waals surface area contributed by atoms with Crippen molar-refractivity contribution >= 4 is 27.6 Å². The van der Waals surface area contributed by atoms with Gasteiger partial charge in [0.1, 0.15) is 0 Å². The molecule has 1 aliphatic rings. The lowest BCUT2D eigenvalue weighted by atomic mass is 10.1. The van der Waals surface area contributed by atoms with Crippen LogP contribution in [0.4, 0.5) is 0 Å². The van der Waals surface area contributed by atoms with E-state index in [9.17, 15) is 4.79 Å². The fourth-order valence-electron chi connectivity index (χ4n) is 2.14. The van der Waals surface area contributed by atoms with E-state index in [0.29, 0.717) is 18.2 Å². The number of nitrogens with two attached hydrogens (primary N) is 1. The van der Waals surface area contributed by atoms with Gasteiger partial charge >= 0.3 is 0 Å². The molecule has 1 aliphatic heterocycles. The molecule has 2 N–H and O–H groups in total. The fraction of sp³-hybridized carbons (Fsp3) is 0.312. The monoisotopic (exact) mass is 291 g/mol. The molecule has 0 aliphatic carbocycles. The van der Waals surface area contributed by atoms with Crippen LogP contribution in [0.3, 0.4) is 0 Å². The molecule has 0 spiro atoms. The Labute approximate surface area is 123 Å². The predicted octanol–water partition coefficient (Wildman–Crippen LogP) is 3.34. The zero-order valence-corrected chi connectivity index (χ0v) is 12.0. The third-order valence-corrected chi connectivity index (χ3v) is 3.48. The van der Waals surface area contributed by atoms with E-state index in [1.807, 2.05) is 30.3 Å². The molecule has 1 unspecified atom stereocenters. The molecule has 2 aromatic carbocycles. The third-order valence-electron chi connectivity index (χ3n) is 3.26. The molecular weight excluding hydrogens is 274 g/mol. The maximum absolute atomic E-state index is 10.9. The molecule has 2 aromatic rings. The first-order valence-electron chi connectivity index (χ1n) is 6.71. The second-order valence-electron chi connectivity index (χ2n) is 4.71. The van der Waals surface area contributed by atoms with E-state index in [1.165, 1.54) is 6.42 Å². The minimum absolute atomic E-state index is 0.375. The van der Waals surface area contributed by atoms with Gasteiger partial charge in [-0.1, -0.05) is 30.3 Å². The first-order chi connectivity index (χ1) is 9.70. The van der Waals surface area contributed by atoms with Gasteiger partial charge in [-0.25, -0.2) is 0 Å². The maximum atomic E-state index is 10.9. The molecule has 4 heteroatoms. The van der Waals surface area contributed by atoms with E-state index in [-0.39, 0.29) is 0 Å². The lowest BCUT2D eigenvalue weighted by Crippen LogP contribution is -2.17. The molecule has 0 radical (unpaired) electrons. The molecule has 0 bridgehead atoms. The second-order valence-corrected chi connectivity index (χ2v) is 5.05. The highest BCUT2D eigenvalue weighted by Crippen LogP contribution is 2.16. The molecule has 0 amide bonds. The standard InChI is InChI=1S/C11H7ClO.C5H11NO/c12-11(13)10-6-5-8-3-1-2-4-9(8)7-10;6-4-5-2-1-3-7-5/h1-7H;5H,1-4,6H2. The van der Waals surface area contributed by atoms with Crippen LogP contribution in [0.25, 0.3) is 10.8 Å². The van der Waals surface area contributed by atoms with Gasteiger partial charge in [0.2, 0.25) is 0 Å². The Bertz CT molecular complexity index is 579. The largest absolute Gasteiger partial charge is 0.377 e. The van der Waals surface area contributed by atoms with Crippen molar-refractivity contribution in [2.75, 3.05) is 13.2 Å². The number of ether oxygens (including phenoxy) is 1. The summed E-state index contributed by atoms with van der Waals surface area (Å²) in [6.07, 6.45) is 2.73. The van der Waals surface area contributed by atoms with Crippen LogP contribution >= 0.6 is 11.6 Å². The average Bonchev–Trinajstić information content (AvgIpc) is 3.01. The van der Waals surface area contributed by atoms with Gasteiger partial charge in [0, 0.05) is 18.7 Å². The molecule has 1 atom stereocenters. The molecule has 3 nitrogen and oxygen atoms in total. The number of benzene rings is 2. The summed E-state index contributed by atoms with van der Waals surface area (Å²) in [6, 6.07) is 13.3. The molecule has 3 rings (SSSR count). The fourth-order valence-corrected chi connectivity index (χ4v) is 2.26. The number of rotatable bonds is 2. The molecule has 0 saturated carbocycles. The summed E-state index contributed by atoms with van der Waals surface area (Å²) in [5.74, 6) is 0. The summed E-state index contributed by atoms with van der Waals surface area (Å²) < 4.78 is 5.18. The highest BCUT2D eigenvalue weighted by atomic mass is 35.5. The molecular formula is C16H18ClNO2. The van der Waals surface area contributed by atoms with Crippen LogP contribution in [-0.2, 0) is 4.74 Å². The van der Waals surface area contributed by atoms with Crippen molar-refractivity contribution in [3.8, 4) is 0 Å². The van der Waals surface area contributed by atoms with E-state index in [4.69, 9.17) is 22.1 Å². The van der Waals surface area contributed by atoms with E-state index < -0.39 is 5.24 Å². The summed E-state index contributed by atoms with van der Waals surface area (Å²) in [6.45, 7) is 1.61. The van der Waals surface area contributed by atoms with Gasteiger partial charge < -0.3 is 10.5 Å². The maximum Gasteiger partial charge on any atom is 0.252 e. The highest BCUT2D eigenvalue weighted by molar-refractivity contribution is 6.67. The summed E-state index contributed by atoms with van der Waals surface area (Å²) >= 11 is 5.36. The second kappa shape index (κ2) is 7.39. The molecule has 20 heavy (non-hydrogen) atoms. The van der Waals surface area contributed by atoms with Gasteiger partial charge in [0.15, 0.2) is 0 Å². The molecule has 1 heterocycles. The Morgan fingerprint density at radius 2 is 2.00 bits per heavy atom. The number of hydrogen-bond acceptors (Lipinski definition) is 3. The quantitative estimate of drug-likeness (QED) is 0.863. The summed E-state index contributed by atoms with van der Waals surface area (Å²) in [5, 5.41) is 1.74. The smallest absolute Gasteiger partial charge is 0.252 e. The topological polar surface area (TPSA) is 52.3 Å². The molecule has 1 fully saturated rings. The van der Waals surface area contributed by atoms with Crippen molar-refractivity contribution in [2.45, 2.75) is 18.9 Å². The Balaban J connectivity index is 0.000000178.